The lowest BCUT2D eigenvalue weighted by Gasteiger charge is -2.10. The predicted molar refractivity (Wildman–Crippen MR) is 77.9 cm³/mol. The number of carboxylic acid groups (broad SMARTS) is 2. The van der Waals surface area contributed by atoms with Crippen molar-refractivity contribution in [3.05, 3.63) is 62.5 Å². The Morgan fingerprint density at radius 3 is 1.96 bits per heavy atom. The average Bonchev–Trinajstić information content (AvgIpc) is 2.53. The smallest absolute Gasteiger partial charge is 0.336 e. The second kappa shape index (κ2) is 6.02. The highest BCUT2D eigenvalue weighted by atomic mass is 16.6. The van der Waals surface area contributed by atoms with Crippen LogP contribution in [0.5, 0.6) is 0 Å². The van der Waals surface area contributed by atoms with Crippen molar-refractivity contribution in [3.8, 4) is 11.1 Å². The summed E-state index contributed by atoms with van der Waals surface area (Å²) in [6.07, 6.45) is 0. The van der Waals surface area contributed by atoms with Crippen LogP contribution in [0.25, 0.3) is 11.1 Å². The van der Waals surface area contributed by atoms with Gasteiger partial charge in [-0.25, -0.2) is 9.59 Å². The predicted octanol–water partition coefficient (Wildman–Crippen LogP) is 3.06. The molecule has 0 amide bonds. The first-order chi connectivity index (χ1) is 10.8. The van der Waals surface area contributed by atoms with Gasteiger partial charge in [0.2, 0.25) is 0 Å². The van der Waals surface area contributed by atoms with Crippen LogP contribution in [-0.4, -0.2) is 27.1 Å². The number of benzene rings is 2. The summed E-state index contributed by atoms with van der Waals surface area (Å²) in [5, 5.41) is 31.8. The molecule has 0 fully saturated rings. The number of carbonyl (C=O) groups is 2. The van der Waals surface area contributed by atoms with Gasteiger partial charge in [-0.3, -0.25) is 10.1 Å². The molecule has 0 heterocycles. The number of rotatable bonds is 5. The van der Waals surface area contributed by atoms with E-state index in [1.54, 1.807) is 0 Å². The molecule has 0 aliphatic carbocycles. The fraction of sp³-hybridized carbons (Fsp3) is 0. The number of non-ortho nitro benzene ring substituents is 1. The van der Waals surface area contributed by atoms with Crippen LogP contribution in [0, 0.1) is 15.0 Å². The Morgan fingerprint density at radius 1 is 0.957 bits per heavy atom. The maximum absolute atomic E-state index is 11.3. The Hall–Kier alpha value is -3.62. The second-order valence-electron chi connectivity index (χ2n) is 4.42. The highest BCUT2D eigenvalue weighted by molar-refractivity contribution is 6.03. The van der Waals surface area contributed by atoms with Gasteiger partial charge in [-0.05, 0) is 34.5 Å². The molecule has 0 saturated heterocycles. The molecule has 9 nitrogen and oxygen atoms in total. The molecule has 2 N–H and O–H groups in total. The molecule has 2 rings (SSSR count). The minimum Gasteiger partial charge on any atom is -0.478 e. The Morgan fingerprint density at radius 2 is 1.48 bits per heavy atom. The van der Waals surface area contributed by atoms with Gasteiger partial charge in [0.15, 0.2) is 0 Å². The maximum atomic E-state index is 11.3. The Kier molecular flexibility index (Phi) is 4.12. The fourth-order valence-electron chi connectivity index (χ4n) is 2.06. The number of nitroso groups, excluding NO2 is 1. The summed E-state index contributed by atoms with van der Waals surface area (Å²) in [5.74, 6) is -2.84. The third kappa shape index (κ3) is 3.02. The Balaban J connectivity index is 2.76. The van der Waals surface area contributed by atoms with Crippen molar-refractivity contribution in [2.45, 2.75) is 0 Å². The van der Waals surface area contributed by atoms with Crippen molar-refractivity contribution >= 4 is 23.3 Å². The van der Waals surface area contributed by atoms with Crippen LogP contribution in [0.1, 0.15) is 20.7 Å². The molecule has 0 saturated carbocycles. The third-order valence-electron chi connectivity index (χ3n) is 3.07. The molecule has 0 atom stereocenters. The summed E-state index contributed by atoms with van der Waals surface area (Å²) >= 11 is 0. The maximum Gasteiger partial charge on any atom is 0.336 e. The minimum atomic E-state index is -1.45. The van der Waals surface area contributed by atoms with Crippen molar-refractivity contribution in [2.75, 3.05) is 0 Å². The molecule has 2 aromatic carbocycles. The monoisotopic (exact) mass is 316 g/mol. The topological polar surface area (TPSA) is 147 Å². The molecule has 0 bridgehead atoms. The van der Waals surface area contributed by atoms with E-state index in [9.17, 15) is 34.8 Å². The molecule has 0 unspecified atom stereocenters. The summed E-state index contributed by atoms with van der Waals surface area (Å²) in [4.78, 5) is 43.2. The molecule has 0 spiro atoms. The van der Waals surface area contributed by atoms with Crippen molar-refractivity contribution in [1.82, 2.24) is 0 Å². The summed E-state index contributed by atoms with van der Waals surface area (Å²) < 4.78 is 0. The van der Waals surface area contributed by atoms with E-state index in [4.69, 9.17) is 0 Å². The van der Waals surface area contributed by atoms with Gasteiger partial charge in [-0.15, -0.1) is 4.91 Å². The molecular formula is C14H8N2O7. The Labute approximate surface area is 127 Å². The van der Waals surface area contributed by atoms with Gasteiger partial charge < -0.3 is 10.2 Å². The van der Waals surface area contributed by atoms with Crippen LogP contribution in [0.3, 0.4) is 0 Å². The first kappa shape index (κ1) is 15.8. The summed E-state index contributed by atoms with van der Waals surface area (Å²) in [6.45, 7) is 0. The van der Waals surface area contributed by atoms with Gasteiger partial charge in [0, 0.05) is 12.1 Å². The number of aromatic carboxylic acids is 2. The van der Waals surface area contributed by atoms with E-state index >= 15 is 0 Å². The zero-order valence-electron chi connectivity index (χ0n) is 11.3. The summed E-state index contributed by atoms with van der Waals surface area (Å²) in [5.41, 5.74) is -1.33. The number of nitrogens with zero attached hydrogens (tertiary/aromatic N) is 2. The molecule has 0 radical (unpaired) electrons. The lowest BCUT2D eigenvalue weighted by atomic mass is 9.94. The van der Waals surface area contributed by atoms with Crippen LogP contribution in [0.2, 0.25) is 0 Å². The van der Waals surface area contributed by atoms with Gasteiger partial charge in [-0.2, -0.15) is 0 Å². The average molecular weight is 316 g/mol. The highest BCUT2D eigenvalue weighted by Crippen LogP contribution is 2.32. The first-order valence-corrected chi connectivity index (χ1v) is 6.08. The van der Waals surface area contributed by atoms with Gasteiger partial charge in [0.25, 0.3) is 5.69 Å². The van der Waals surface area contributed by atoms with Crippen LogP contribution in [-0.2, 0) is 0 Å². The van der Waals surface area contributed by atoms with Crippen LogP contribution in [0.4, 0.5) is 11.4 Å². The Bertz CT molecular complexity index is 845. The largest absolute Gasteiger partial charge is 0.478 e. The quantitative estimate of drug-likeness (QED) is 0.489. The SMILES string of the molecule is O=Nc1ccc(-c2ccc([N+](=O)[O-])cc2C(=O)O)c(C(=O)O)c1. The molecular weight excluding hydrogens is 308 g/mol. The second-order valence-corrected chi connectivity index (χ2v) is 4.42. The first-order valence-electron chi connectivity index (χ1n) is 6.08. The van der Waals surface area contributed by atoms with Gasteiger partial charge in [-0.1, -0.05) is 6.07 Å². The van der Waals surface area contributed by atoms with E-state index in [0.29, 0.717) is 0 Å². The molecule has 116 valence electrons. The fourth-order valence-corrected chi connectivity index (χ4v) is 2.06. The number of nitro groups is 1. The summed E-state index contributed by atoms with van der Waals surface area (Å²) in [7, 11) is 0. The van der Waals surface area contributed by atoms with Crippen molar-refractivity contribution in [2.24, 2.45) is 5.18 Å². The standard InChI is InChI=1S/C14H8N2O7/c17-13(18)11-5-7(15-21)1-3-9(11)10-4-2-8(16(22)23)6-12(10)14(19)20/h1-6H,(H,17,18)(H,19,20). The van der Waals surface area contributed by atoms with Crippen LogP contribution < -0.4 is 0 Å². The molecule has 9 heteroatoms. The zero-order chi connectivity index (χ0) is 17.1. The van der Waals surface area contributed by atoms with Crippen LogP contribution >= 0.6 is 0 Å². The van der Waals surface area contributed by atoms with Crippen molar-refractivity contribution in [3.63, 3.8) is 0 Å². The molecule has 0 aromatic heterocycles. The summed E-state index contributed by atoms with van der Waals surface area (Å²) in [6, 6.07) is 6.51. The van der Waals surface area contributed by atoms with Gasteiger partial charge >= 0.3 is 11.9 Å². The van der Waals surface area contributed by atoms with E-state index in [1.165, 1.54) is 12.1 Å². The zero-order valence-corrected chi connectivity index (χ0v) is 11.3. The van der Waals surface area contributed by atoms with Gasteiger partial charge in [0.05, 0.1) is 16.1 Å². The lowest BCUT2D eigenvalue weighted by Crippen LogP contribution is -2.05. The number of carboxylic acids is 2. The van der Waals surface area contributed by atoms with Crippen molar-refractivity contribution < 1.29 is 24.7 Å². The lowest BCUT2D eigenvalue weighted by molar-refractivity contribution is -0.384. The number of nitro benzene ring substituents is 1. The van der Waals surface area contributed by atoms with Crippen molar-refractivity contribution in [1.29, 1.82) is 0 Å². The molecule has 0 aliphatic heterocycles. The highest BCUT2D eigenvalue weighted by Gasteiger charge is 2.21. The van der Waals surface area contributed by atoms with E-state index in [-0.39, 0.29) is 22.4 Å². The third-order valence-corrected chi connectivity index (χ3v) is 3.07. The van der Waals surface area contributed by atoms with E-state index in [1.807, 2.05) is 0 Å². The van der Waals surface area contributed by atoms with E-state index in [2.05, 4.69) is 5.18 Å². The van der Waals surface area contributed by atoms with E-state index in [0.717, 1.165) is 24.3 Å². The van der Waals surface area contributed by atoms with Crippen LogP contribution in [0.15, 0.2) is 41.6 Å². The van der Waals surface area contributed by atoms with E-state index < -0.39 is 28.1 Å². The normalized spacial score (nSPS) is 10.1. The molecule has 0 aliphatic rings. The number of hydrogen-bond acceptors (Lipinski definition) is 6. The minimum absolute atomic E-state index is 0.0113. The molecule has 23 heavy (non-hydrogen) atoms. The number of hydrogen-bond donors (Lipinski definition) is 2. The van der Waals surface area contributed by atoms with Gasteiger partial charge in [0.1, 0.15) is 5.69 Å². The molecule has 2 aromatic rings.